The van der Waals surface area contributed by atoms with E-state index in [1.165, 1.54) is 0 Å². The normalized spacial score (nSPS) is 10.6. The van der Waals surface area contributed by atoms with Crippen LogP contribution in [0.3, 0.4) is 0 Å². The zero-order chi connectivity index (χ0) is 19.9. The summed E-state index contributed by atoms with van der Waals surface area (Å²) in [6.07, 6.45) is 0. The molecule has 0 bridgehead atoms. The fourth-order valence-electron chi connectivity index (χ4n) is 2.69. The lowest BCUT2D eigenvalue weighted by Gasteiger charge is -2.13. The lowest BCUT2D eigenvalue weighted by Crippen LogP contribution is -2.14. The summed E-state index contributed by atoms with van der Waals surface area (Å²) in [5.74, 6) is -0.145. The number of benzene rings is 3. The van der Waals surface area contributed by atoms with Gasteiger partial charge in [-0.2, -0.15) is 0 Å². The molecule has 0 heterocycles. The number of nitrogens with one attached hydrogen (secondary N) is 1. The van der Waals surface area contributed by atoms with Gasteiger partial charge in [0.2, 0.25) is 0 Å². The summed E-state index contributed by atoms with van der Waals surface area (Å²) in [6.45, 7) is 1.59. The zero-order valence-corrected chi connectivity index (χ0v) is 16.5. The van der Waals surface area contributed by atoms with Crippen LogP contribution in [0.15, 0.2) is 66.7 Å². The average Bonchev–Trinajstić information content (AvgIpc) is 2.68. The Morgan fingerprint density at radius 2 is 1.68 bits per heavy atom. The molecule has 0 amide bonds. The largest absolute Gasteiger partial charge is 0.489 e. The van der Waals surface area contributed by atoms with E-state index in [2.05, 4.69) is 5.32 Å². The Hall–Kier alpha value is -2.53. The molecule has 0 aliphatic carbocycles. The van der Waals surface area contributed by atoms with Gasteiger partial charge >= 0.3 is 5.97 Å². The van der Waals surface area contributed by atoms with E-state index in [0.717, 1.165) is 22.4 Å². The molecule has 0 saturated heterocycles. The van der Waals surface area contributed by atoms with E-state index >= 15 is 0 Å². The van der Waals surface area contributed by atoms with Gasteiger partial charge in [-0.3, -0.25) is 0 Å². The van der Waals surface area contributed by atoms with Crippen molar-refractivity contribution in [2.45, 2.75) is 19.7 Å². The van der Waals surface area contributed by atoms with E-state index < -0.39 is 5.97 Å². The summed E-state index contributed by atoms with van der Waals surface area (Å²) in [7, 11) is 0. The summed E-state index contributed by atoms with van der Waals surface area (Å²) in [6, 6.07) is 20.0. The van der Waals surface area contributed by atoms with Crippen LogP contribution in [0.4, 0.5) is 0 Å². The first-order chi connectivity index (χ1) is 13.5. The Labute approximate surface area is 173 Å². The predicted octanol–water partition coefficient (Wildman–Crippen LogP) is 5.56. The fourth-order valence-corrected chi connectivity index (χ4v) is 3.15. The van der Waals surface area contributed by atoms with Crippen molar-refractivity contribution in [3.63, 3.8) is 0 Å². The van der Waals surface area contributed by atoms with Crippen molar-refractivity contribution < 1.29 is 14.6 Å². The number of hydrogen-bond donors (Lipinski definition) is 2. The highest BCUT2D eigenvalue weighted by Crippen LogP contribution is 2.24. The minimum atomic E-state index is -0.925. The molecule has 0 aromatic heterocycles. The van der Waals surface area contributed by atoms with E-state index in [4.69, 9.17) is 33.0 Å². The van der Waals surface area contributed by atoms with Gasteiger partial charge in [0.1, 0.15) is 12.4 Å². The van der Waals surface area contributed by atoms with E-state index in [1.54, 1.807) is 36.4 Å². The zero-order valence-electron chi connectivity index (χ0n) is 15.0. The third-order valence-electron chi connectivity index (χ3n) is 4.22. The Morgan fingerprint density at radius 1 is 0.929 bits per heavy atom. The van der Waals surface area contributed by atoms with Crippen molar-refractivity contribution in [3.8, 4) is 5.75 Å². The van der Waals surface area contributed by atoms with Gasteiger partial charge < -0.3 is 15.2 Å². The number of carboxylic acids is 1. The minimum absolute atomic E-state index is 0.281. The number of para-hydroxylation sites is 1. The molecule has 0 radical (unpaired) electrons. The molecule has 0 aliphatic heterocycles. The first-order valence-corrected chi connectivity index (χ1v) is 9.46. The van der Waals surface area contributed by atoms with Crippen LogP contribution >= 0.6 is 23.2 Å². The standard InChI is InChI=1S/C22H19Cl2NO3/c23-19-10-9-18(20(24)11-19)14-28-21-4-2-1-3-17(21)13-25-12-15-5-7-16(8-6-15)22(26)27/h1-11,25H,12-14H2,(H,26,27). The topological polar surface area (TPSA) is 58.6 Å². The molecule has 0 spiro atoms. The second-order valence-electron chi connectivity index (χ2n) is 6.24. The van der Waals surface area contributed by atoms with Crippen molar-refractivity contribution in [1.29, 1.82) is 0 Å². The lowest BCUT2D eigenvalue weighted by atomic mass is 10.1. The third-order valence-corrected chi connectivity index (χ3v) is 4.80. The Morgan fingerprint density at radius 3 is 2.39 bits per heavy atom. The summed E-state index contributed by atoms with van der Waals surface area (Å²) in [4.78, 5) is 10.9. The molecule has 0 unspecified atom stereocenters. The molecule has 0 saturated carbocycles. The Kier molecular flexibility index (Phi) is 6.93. The molecule has 0 atom stereocenters. The van der Waals surface area contributed by atoms with Gasteiger partial charge in [0, 0.05) is 34.3 Å². The molecule has 0 aliphatic rings. The summed E-state index contributed by atoms with van der Waals surface area (Å²) < 4.78 is 5.96. The lowest BCUT2D eigenvalue weighted by molar-refractivity contribution is 0.0697. The number of aromatic carboxylic acids is 1. The Balaban J connectivity index is 1.58. The number of ether oxygens (including phenoxy) is 1. The first-order valence-electron chi connectivity index (χ1n) is 8.70. The van der Waals surface area contributed by atoms with Gasteiger partial charge in [0.15, 0.2) is 0 Å². The van der Waals surface area contributed by atoms with Crippen molar-refractivity contribution in [1.82, 2.24) is 5.32 Å². The quantitative estimate of drug-likeness (QED) is 0.505. The van der Waals surface area contributed by atoms with Gasteiger partial charge in [-0.25, -0.2) is 4.79 Å². The molecule has 3 aromatic rings. The van der Waals surface area contributed by atoms with Gasteiger partial charge in [-0.05, 0) is 35.9 Å². The second kappa shape index (κ2) is 9.60. The SMILES string of the molecule is O=C(O)c1ccc(CNCc2ccccc2OCc2ccc(Cl)cc2Cl)cc1. The highest BCUT2D eigenvalue weighted by Gasteiger charge is 2.07. The van der Waals surface area contributed by atoms with Gasteiger partial charge in [-0.1, -0.05) is 59.6 Å². The van der Waals surface area contributed by atoms with Crippen molar-refractivity contribution in [3.05, 3.63) is 99.0 Å². The van der Waals surface area contributed by atoms with Gasteiger partial charge in [0.05, 0.1) is 5.56 Å². The molecule has 2 N–H and O–H groups in total. The number of carboxylic acid groups (broad SMARTS) is 1. The molecule has 3 aromatic carbocycles. The van der Waals surface area contributed by atoms with Crippen molar-refractivity contribution in [2.24, 2.45) is 0 Å². The number of rotatable bonds is 8. The minimum Gasteiger partial charge on any atom is -0.489 e. The van der Waals surface area contributed by atoms with E-state index in [1.807, 2.05) is 30.3 Å². The fraction of sp³-hybridized carbons (Fsp3) is 0.136. The van der Waals surface area contributed by atoms with Crippen LogP contribution < -0.4 is 10.1 Å². The molecule has 0 fully saturated rings. The maximum Gasteiger partial charge on any atom is 0.335 e. The first kappa shape index (κ1) is 20.2. The highest BCUT2D eigenvalue weighted by molar-refractivity contribution is 6.35. The molecular weight excluding hydrogens is 397 g/mol. The van der Waals surface area contributed by atoms with Crippen molar-refractivity contribution in [2.75, 3.05) is 0 Å². The highest BCUT2D eigenvalue weighted by atomic mass is 35.5. The molecule has 6 heteroatoms. The predicted molar refractivity (Wildman–Crippen MR) is 111 cm³/mol. The van der Waals surface area contributed by atoms with Crippen LogP contribution in [0.5, 0.6) is 5.75 Å². The second-order valence-corrected chi connectivity index (χ2v) is 7.08. The average molecular weight is 416 g/mol. The smallest absolute Gasteiger partial charge is 0.335 e. The number of hydrogen-bond acceptors (Lipinski definition) is 3. The van der Waals surface area contributed by atoms with E-state index in [9.17, 15) is 4.79 Å². The monoisotopic (exact) mass is 415 g/mol. The van der Waals surface area contributed by atoms with Crippen LogP contribution in [0.2, 0.25) is 10.0 Å². The molecule has 3 rings (SSSR count). The molecule has 4 nitrogen and oxygen atoms in total. The summed E-state index contributed by atoms with van der Waals surface area (Å²) in [5, 5.41) is 13.5. The summed E-state index contributed by atoms with van der Waals surface area (Å²) >= 11 is 12.1. The van der Waals surface area contributed by atoms with E-state index in [0.29, 0.717) is 29.7 Å². The van der Waals surface area contributed by atoms with Gasteiger partial charge in [0.25, 0.3) is 0 Å². The van der Waals surface area contributed by atoms with Crippen LogP contribution in [0, 0.1) is 0 Å². The number of halogens is 2. The summed E-state index contributed by atoms with van der Waals surface area (Å²) in [5.41, 5.74) is 3.18. The third kappa shape index (κ3) is 5.49. The van der Waals surface area contributed by atoms with Crippen LogP contribution in [0.25, 0.3) is 0 Å². The van der Waals surface area contributed by atoms with Crippen LogP contribution in [-0.2, 0) is 19.7 Å². The van der Waals surface area contributed by atoms with E-state index in [-0.39, 0.29) is 5.56 Å². The van der Waals surface area contributed by atoms with Gasteiger partial charge in [-0.15, -0.1) is 0 Å². The molecular formula is C22H19Cl2NO3. The number of carbonyl (C=O) groups is 1. The van der Waals surface area contributed by atoms with Crippen molar-refractivity contribution >= 4 is 29.2 Å². The van der Waals surface area contributed by atoms with Crippen LogP contribution in [0.1, 0.15) is 27.0 Å². The Bertz CT molecular complexity index is 958. The molecule has 144 valence electrons. The van der Waals surface area contributed by atoms with Crippen LogP contribution in [-0.4, -0.2) is 11.1 Å². The molecule has 28 heavy (non-hydrogen) atoms. The maximum atomic E-state index is 10.9. The maximum absolute atomic E-state index is 10.9.